The van der Waals surface area contributed by atoms with E-state index in [0.29, 0.717) is 19.4 Å². The van der Waals surface area contributed by atoms with Crippen molar-refractivity contribution in [3.8, 4) is 12.3 Å². The van der Waals surface area contributed by atoms with Crippen LogP contribution in [0.25, 0.3) is 0 Å². The van der Waals surface area contributed by atoms with Gasteiger partial charge in [0.05, 0.1) is 6.61 Å². The Morgan fingerprint density at radius 3 is 2.73 bits per heavy atom. The molecule has 64 valence electrons. The van der Waals surface area contributed by atoms with Crippen molar-refractivity contribution < 1.29 is 9.13 Å². The van der Waals surface area contributed by atoms with Gasteiger partial charge in [0.1, 0.15) is 0 Å². The molecule has 2 heteroatoms. The first-order chi connectivity index (χ1) is 5.12. The minimum absolute atomic E-state index is 0.378. The molecule has 0 saturated heterocycles. The summed E-state index contributed by atoms with van der Waals surface area (Å²) in [5.41, 5.74) is 0. The van der Waals surface area contributed by atoms with Crippen LogP contribution in [0.3, 0.4) is 0 Å². The van der Waals surface area contributed by atoms with Gasteiger partial charge in [0.15, 0.2) is 0 Å². The molecule has 0 rings (SSSR count). The highest BCUT2D eigenvalue weighted by atomic mass is 19.2. The van der Waals surface area contributed by atoms with Crippen LogP contribution in [0.5, 0.6) is 0 Å². The molecule has 0 spiro atoms. The zero-order valence-corrected chi connectivity index (χ0v) is 7.19. The predicted octanol–water partition coefficient (Wildman–Crippen LogP) is 2.51. The Labute approximate surface area is 67.9 Å². The van der Waals surface area contributed by atoms with Crippen LogP contribution in [0.1, 0.15) is 33.1 Å². The smallest absolute Gasteiger partial charge is 0.206 e. The minimum atomic E-state index is -1.48. The summed E-state index contributed by atoms with van der Waals surface area (Å²) >= 11 is 0. The molecule has 1 nitrogen and oxygen atoms in total. The van der Waals surface area contributed by atoms with Gasteiger partial charge >= 0.3 is 0 Å². The molecule has 0 saturated carbocycles. The van der Waals surface area contributed by atoms with Crippen molar-refractivity contribution in [1.29, 1.82) is 0 Å². The maximum absolute atomic E-state index is 13.0. The van der Waals surface area contributed by atoms with E-state index in [1.165, 1.54) is 6.92 Å². The van der Waals surface area contributed by atoms with E-state index in [1.54, 1.807) is 6.92 Å². The predicted molar refractivity (Wildman–Crippen MR) is 43.8 cm³/mol. The molecule has 1 atom stereocenters. The summed E-state index contributed by atoms with van der Waals surface area (Å²) in [6.45, 7) is 3.59. The summed E-state index contributed by atoms with van der Waals surface area (Å²) in [4.78, 5) is 0. The molecular formula is C9H15FO. The Balaban J connectivity index is 3.32. The molecular weight excluding hydrogens is 143 g/mol. The van der Waals surface area contributed by atoms with E-state index in [9.17, 15) is 4.39 Å². The van der Waals surface area contributed by atoms with Gasteiger partial charge in [-0.2, -0.15) is 0 Å². The van der Waals surface area contributed by atoms with Crippen molar-refractivity contribution in [2.45, 2.75) is 39.0 Å². The number of ether oxygens (including phenoxy) is 1. The lowest BCUT2D eigenvalue weighted by atomic mass is 10.3. The molecule has 0 bridgehead atoms. The number of rotatable bonds is 5. The van der Waals surface area contributed by atoms with Crippen LogP contribution in [-0.2, 0) is 4.74 Å². The normalized spacial score (nSPS) is 15.5. The van der Waals surface area contributed by atoms with Crippen molar-refractivity contribution in [3.63, 3.8) is 0 Å². The van der Waals surface area contributed by atoms with Gasteiger partial charge in [-0.15, -0.1) is 12.3 Å². The molecule has 0 aliphatic rings. The maximum atomic E-state index is 13.0. The van der Waals surface area contributed by atoms with Crippen LogP contribution in [0.2, 0.25) is 0 Å². The third-order valence-corrected chi connectivity index (χ3v) is 1.50. The average molecular weight is 158 g/mol. The van der Waals surface area contributed by atoms with Gasteiger partial charge in [-0.1, -0.05) is 6.92 Å². The van der Waals surface area contributed by atoms with Gasteiger partial charge in [-0.05, 0) is 13.3 Å². The highest BCUT2D eigenvalue weighted by Crippen LogP contribution is 2.16. The summed E-state index contributed by atoms with van der Waals surface area (Å²) in [5, 5.41) is 0. The largest absolute Gasteiger partial charge is 0.346 e. The van der Waals surface area contributed by atoms with E-state index in [0.717, 1.165) is 6.42 Å². The number of halogens is 1. The topological polar surface area (TPSA) is 9.23 Å². The van der Waals surface area contributed by atoms with Crippen molar-refractivity contribution in [2.24, 2.45) is 0 Å². The van der Waals surface area contributed by atoms with Crippen molar-refractivity contribution in [3.05, 3.63) is 0 Å². The van der Waals surface area contributed by atoms with Crippen LogP contribution in [0.4, 0.5) is 4.39 Å². The van der Waals surface area contributed by atoms with E-state index in [2.05, 4.69) is 5.92 Å². The van der Waals surface area contributed by atoms with Gasteiger partial charge in [0.2, 0.25) is 5.85 Å². The van der Waals surface area contributed by atoms with E-state index in [-0.39, 0.29) is 0 Å². The summed E-state index contributed by atoms with van der Waals surface area (Å²) in [6.07, 6.45) is 6.77. The molecule has 11 heavy (non-hydrogen) atoms. The lowest BCUT2D eigenvalue weighted by Crippen LogP contribution is -2.21. The van der Waals surface area contributed by atoms with Gasteiger partial charge in [-0.25, -0.2) is 4.39 Å². The maximum Gasteiger partial charge on any atom is 0.206 e. The zero-order valence-electron chi connectivity index (χ0n) is 7.19. The minimum Gasteiger partial charge on any atom is -0.346 e. The van der Waals surface area contributed by atoms with Crippen molar-refractivity contribution >= 4 is 0 Å². The molecule has 0 aromatic carbocycles. The van der Waals surface area contributed by atoms with Crippen molar-refractivity contribution in [1.82, 2.24) is 0 Å². The highest BCUT2D eigenvalue weighted by Gasteiger charge is 2.19. The third-order valence-electron chi connectivity index (χ3n) is 1.50. The molecule has 0 heterocycles. The van der Waals surface area contributed by atoms with Gasteiger partial charge in [-0.3, -0.25) is 0 Å². The summed E-state index contributed by atoms with van der Waals surface area (Å²) in [7, 11) is 0. The number of alkyl halides is 1. The first-order valence-corrected chi connectivity index (χ1v) is 3.88. The average Bonchev–Trinajstić information content (AvgIpc) is 1.99. The van der Waals surface area contributed by atoms with E-state index < -0.39 is 5.85 Å². The molecule has 1 unspecified atom stereocenters. The van der Waals surface area contributed by atoms with Gasteiger partial charge in [0, 0.05) is 12.8 Å². The second kappa shape index (κ2) is 5.15. The third kappa shape index (κ3) is 5.87. The Morgan fingerprint density at radius 2 is 2.27 bits per heavy atom. The summed E-state index contributed by atoms with van der Waals surface area (Å²) < 4.78 is 17.9. The summed E-state index contributed by atoms with van der Waals surface area (Å²) in [6, 6.07) is 0. The Hall–Kier alpha value is -0.550. The SMILES string of the molecule is C#CCCCOC(C)(F)CC. The Morgan fingerprint density at radius 1 is 1.64 bits per heavy atom. The molecule has 0 fully saturated rings. The standard InChI is InChI=1S/C9H15FO/c1-4-6-7-8-11-9(3,10)5-2/h1H,5-8H2,2-3H3. The molecule has 0 radical (unpaired) electrons. The molecule has 0 aliphatic heterocycles. The molecule has 0 aliphatic carbocycles. The first-order valence-electron chi connectivity index (χ1n) is 3.88. The van der Waals surface area contributed by atoms with Crippen LogP contribution < -0.4 is 0 Å². The second-order valence-corrected chi connectivity index (χ2v) is 2.61. The Kier molecular flexibility index (Phi) is 4.89. The fourth-order valence-electron chi connectivity index (χ4n) is 0.561. The monoisotopic (exact) mass is 158 g/mol. The second-order valence-electron chi connectivity index (χ2n) is 2.61. The van der Waals surface area contributed by atoms with E-state index in [1.807, 2.05) is 0 Å². The van der Waals surface area contributed by atoms with E-state index >= 15 is 0 Å². The molecule has 0 N–H and O–H groups in total. The van der Waals surface area contributed by atoms with E-state index in [4.69, 9.17) is 11.2 Å². The number of hydrogen-bond donors (Lipinski definition) is 0. The zero-order chi connectivity index (χ0) is 8.74. The van der Waals surface area contributed by atoms with Crippen LogP contribution >= 0.6 is 0 Å². The molecule has 0 amide bonds. The number of terminal acetylenes is 1. The van der Waals surface area contributed by atoms with Crippen LogP contribution in [-0.4, -0.2) is 12.5 Å². The first kappa shape index (κ1) is 10.4. The lowest BCUT2D eigenvalue weighted by Gasteiger charge is -2.18. The number of hydrogen-bond acceptors (Lipinski definition) is 1. The lowest BCUT2D eigenvalue weighted by molar-refractivity contribution is -0.132. The quantitative estimate of drug-likeness (QED) is 0.441. The van der Waals surface area contributed by atoms with Gasteiger partial charge in [0.25, 0.3) is 0 Å². The fourth-order valence-corrected chi connectivity index (χ4v) is 0.561. The molecule has 0 aromatic heterocycles. The van der Waals surface area contributed by atoms with Crippen LogP contribution in [0, 0.1) is 12.3 Å². The Bertz CT molecular complexity index is 135. The van der Waals surface area contributed by atoms with Crippen molar-refractivity contribution in [2.75, 3.05) is 6.61 Å². The van der Waals surface area contributed by atoms with Gasteiger partial charge < -0.3 is 4.74 Å². The summed E-state index contributed by atoms with van der Waals surface area (Å²) in [5.74, 6) is 0.992. The number of unbranched alkanes of at least 4 members (excludes halogenated alkanes) is 1. The molecule has 0 aromatic rings. The fraction of sp³-hybridized carbons (Fsp3) is 0.778. The van der Waals surface area contributed by atoms with Crippen LogP contribution in [0.15, 0.2) is 0 Å². The highest BCUT2D eigenvalue weighted by molar-refractivity contribution is 4.82.